The smallest absolute Gasteiger partial charge is 0.330 e. The van der Waals surface area contributed by atoms with Crippen LogP contribution in [0.3, 0.4) is 0 Å². The Balaban J connectivity index is 4.66. The van der Waals surface area contributed by atoms with E-state index in [9.17, 15) is 14.4 Å². The number of rotatable bonds is 13. The Labute approximate surface area is 144 Å². The van der Waals surface area contributed by atoms with Crippen LogP contribution < -0.4 is 0 Å². The molecule has 0 saturated carbocycles. The Morgan fingerprint density at radius 3 is 1.88 bits per heavy atom. The number of ether oxygens (including phenoxy) is 3. The minimum absolute atomic E-state index is 0.282. The monoisotopic (exact) mass is 342 g/mol. The summed E-state index contributed by atoms with van der Waals surface area (Å²) in [7, 11) is 0. The third kappa shape index (κ3) is 10.8. The van der Waals surface area contributed by atoms with Crippen LogP contribution in [0.15, 0.2) is 12.7 Å². The molecule has 0 amide bonds. The molecule has 138 valence electrons. The van der Waals surface area contributed by atoms with Crippen LogP contribution in [0.2, 0.25) is 0 Å². The lowest BCUT2D eigenvalue weighted by Gasteiger charge is -2.31. The molecular formula is C18H30O6. The molecule has 0 saturated heterocycles. The van der Waals surface area contributed by atoms with Gasteiger partial charge in [0.1, 0.15) is 0 Å². The number of carbonyl (C=O) groups excluding carboxylic acids is 3. The first kappa shape index (κ1) is 22.1. The largest absolute Gasteiger partial charge is 0.454 e. The van der Waals surface area contributed by atoms with Crippen molar-refractivity contribution >= 4 is 17.9 Å². The normalized spacial score (nSPS) is 10.8. The first-order valence-corrected chi connectivity index (χ1v) is 8.53. The summed E-state index contributed by atoms with van der Waals surface area (Å²) in [6.07, 6.45) is 8.72. The average molecular weight is 342 g/mol. The summed E-state index contributed by atoms with van der Waals surface area (Å²) in [5.74, 6) is -3.44. The van der Waals surface area contributed by atoms with Gasteiger partial charge in [-0.05, 0) is 6.42 Å². The van der Waals surface area contributed by atoms with Gasteiger partial charge in [-0.3, -0.25) is 9.59 Å². The zero-order chi connectivity index (χ0) is 18.4. The Bertz CT molecular complexity index is 400. The molecule has 0 aliphatic carbocycles. The summed E-state index contributed by atoms with van der Waals surface area (Å²) in [5, 5.41) is 0. The maximum absolute atomic E-state index is 11.4. The van der Waals surface area contributed by atoms with Crippen molar-refractivity contribution in [1.29, 1.82) is 0 Å². The standard InChI is InChI=1S/C18H30O6/c1-5-7-8-9-10-11-12-13-18(23-15(3)19,24-16(4)20)14-22-17(21)6-2/h6H,2,5,7-14H2,1,3-4H3. The van der Waals surface area contributed by atoms with E-state index in [4.69, 9.17) is 14.2 Å². The zero-order valence-electron chi connectivity index (χ0n) is 15.1. The molecule has 0 spiro atoms. The van der Waals surface area contributed by atoms with E-state index in [-0.39, 0.29) is 13.0 Å². The molecule has 0 N–H and O–H groups in total. The molecule has 0 heterocycles. The second-order valence-electron chi connectivity index (χ2n) is 5.78. The van der Waals surface area contributed by atoms with Crippen molar-refractivity contribution in [3.63, 3.8) is 0 Å². The summed E-state index contributed by atoms with van der Waals surface area (Å²) in [6.45, 7) is 7.57. The van der Waals surface area contributed by atoms with Crippen molar-refractivity contribution < 1.29 is 28.6 Å². The third-order valence-corrected chi connectivity index (χ3v) is 3.42. The van der Waals surface area contributed by atoms with Gasteiger partial charge in [0.2, 0.25) is 0 Å². The molecule has 0 aromatic rings. The fourth-order valence-corrected chi connectivity index (χ4v) is 2.37. The Kier molecular flexibility index (Phi) is 11.6. The van der Waals surface area contributed by atoms with Gasteiger partial charge in [0.25, 0.3) is 5.79 Å². The molecule has 0 bridgehead atoms. The number of carbonyl (C=O) groups is 3. The van der Waals surface area contributed by atoms with Crippen LogP contribution in [0.4, 0.5) is 0 Å². The van der Waals surface area contributed by atoms with E-state index < -0.39 is 23.7 Å². The van der Waals surface area contributed by atoms with Gasteiger partial charge in [0.15, 0.2) is 6.61 Å². The van der Waals surface area contributed by atoms with Gasteiger partial charge in [-0.25, -0.2) is 4.79 Å². The Hall–Kier alpha value is -1.85. The van der Waals surface area contributed by atoms with E-state index in [1.54, 1.807) is 0 Å². The highest BCUT2D eigenvalue weighted by Crippen LogP contribution is 2.24. The van der Waals surface area contributed by atoms with Gasteiger partial charge in [0, 0.05) is 26.3 Å². The molecule has 0 rings (SSSR count). The fraction of sp³-hybridized carbons (Fsp3) is 0.722. The molecule has 0 aromatic carbocycles. The SMILES string of the molecule is C=CC(=O)OCC(CCCCCCCCC)(OC(C)=O)OC(C)=O. The summed E-state index contributed by atoms with van der Waals surface area (Å²) in [6, 6.07) is 0. The number of unbranched alkanes of at least 4 members (excludes halogenated alkanes) is 6. The number of esters is 3. The lowest BCUT2D eigenvalue weighted by Crippen LogP contribution is -2.44. The molecule has 6 heteroatoms. The quantitative estimate of drug-likeness (QED) is 0.220. The van der Waals surface area contributed by atoms with Gasteiger partial charge in [-0.1, -0.05) is 52.0 Å². The lowest BCUT2D eigenvalue weighted by atomic mass is 10.0. The predicted molar refractivity (Wildman–Crippen MR) is 90.0 cm³/mol. The van der Waals surface area contributed by atoms with E-state index in [1.807, 2.05) is 0 Å². The highest BCUT2D eigenvalue weighted by molar-refractivity contribution is 5.81. The first-order chi connectivity index (χ1) is 11.3. The van der Waals surface area contributed by atoms with Crippen LogP contribution in [0.25, 0.3) is 0 Å². The van der Waals surface area contributed by atoms with Crippen LogP contribution in [0.1, 0.15) is 72.1 Å². The van der Waals surface area contributed by atoms with Crippen molar-refractivity contribution in [3.8, 4) is 0 Å². The number of hydrogen-bond acceptors (Lipinski definition) is 6. The van der Waals surface area contributed by atoms with E-state index in [0.717, 1.165) is 25.3 Å². The molecule has 0 aliphatic rings. The topological polar surface area (TPSA) is 78.9 Å². The maximum Gasteiger partial charge on any atom is 0.330 e. The molecule has 0 atom stereocenters. The molecular weight excluding hydrogens is 312 g/mol. The van der Waals surface area contributed by atoms with Gasteiger partial charge < -0.3 is 14.2 Å². The van der Waals surface area contributed by atoms with Gasteiger partial charge in [-0.15, -0.1) is 0 Å². The second-order valence-corrected chi connectivity index (χ2v) is 5.78. The van der Waals surface area contributed by atoms with E-state index in [0.29, 0.717) is 6.42 Å². The molecule has 0 aromatic heterocycles. The third-order valence-electron chi connectivity index (χ3n) is 3.42. The van der Waals surface area contributed by atoms with E-state index in [2.05, 4.69) is 13.5 Å². The summed E-state index contributed by atoms with van der Waals surface area (Å²) in [4.78, 5) is 34.1. The minimum Gasteiger partial charge on any atom is -0.454 e. The van der Waals surface area contributed by atoms with Gasteiger partial charge in [0.05, 0.1) is 0 Å². The van der Waals surface area contributed by atoms with Crippen molar-refractivity contribution in [3.05, 3.63) is 12.7 Å². The van der Waals surface area contributed by atoms with E-state index >= 15 is 0 Å². The molecule has 24 heavy (non-hydrogen) atoms. The zero-order valence-corrected chi connectivity index (χ0v) is 15.1. The summed E-state index contributed by atoms with van der Waals surface area (Å²) >= 11 is 0. The highest BCUT2D eigenvalue weighted by atomic mass is 16.7. The summed E-state index contributed by atoms with van der Waals surface area (Å²) in [5.41, 5.74) is 0. The molecule has 0 aliphatic heterocycles. The molecule has 0 fully saturated rings. The fourth-order valence-electron chi connectivity index (χ4n) is 2.37. The minimum atomic E-state index is -1.57. The maximum atomic E-state index is 11.4. The second kappa shape index (κ2) is 12.6. The van der Waals surface area contributed by atoms with Crippen LogP contribution in [0, 0.1) is 0 Å². The van der Waals surface area contributed by atoms with E-state index in [1.165, 1.54) is 33.1 Å². The lowest BCUT2D eigenvalue weighted by molar-refractivity contribution is -0.244. The van der Waals surface area contributed by atoms with Crippen LogP contribution in [0.5, 0.6) is 0 Å². The molecule has 6 nitrogen and oxygen atoms in total. The van der Waals surface area contributed by atoms with Crippen molar-refractivity contribution in [2.75, 3.05) is 6.61 Å². The Morgan fingerprint density at radius 2 is 1.42 bits per heavy atom. The van der Waals surface area contributed by atoms with Crippen LogP contribution >= 0.6 is 0 Å². The Morgan fingerprint density at radius 1 is 0.917 bits per heavy atom. The number of hydrogen-bond donors (Lipinski definition) is 0. The summed E-state index contributed by atoms with van der Waals surface area (Å²) < 4.78 is 15.3. The predicted octanol–water partition coefficient (Wildman–Crippen LogP) is 3.68. The molecule has 0 unspecified atom stereocenters. The average Bonchev–Trinajstić information content (AvgIpc) is 2.50. The molecule has 0 radical (unpaired) electrons. The van der Waals surface area contributed by atoms with Gasteiger partial charge in [-0.2, -0.15) is 0 Å². The highest BCUT2D eigenvalue weighted by Gasteiger charge is 2.38. The van der Waals surface area contributed by atoms with Crippen molar-refractivity contribution in [2.45, 2.75) is 77.9 Å². The van der Waals surface area contributed by atoms with Gasteiger partial charge >= 0.3 is 17.9 Å². The van der Waals surface area contributed by atoms with Crippen molar-refractivity contribution in [2.24, 2.45) is 0 Å². The van der Waals surface area contributed by atoms with Crippen LogP contribution in [-0.4, -0.2) is 30.3 Å². The van der Waals surface area contributed by atoms with Crippen molar-refractivity contribution in [1.82, 2.24) is 0 Å². The van der Waals surface area contributed by atoms with Crippen LogP contribution in [-0.2, 0) is 28.6 Å². The first-order valence-electron chi connectivity index (χ1n) is 8.53.